The van der Waals surface area contributed by atoms with Crippen molar-refractivity contribution in [3.63, 3.8) is 0 Å². The summed E-state index contributed by atoms with van der Waals surface area (Å²) < 4.78 is 0.576. The van der Waals surface area contributed by atoms with Crippen molar-refractivity contribution in [1.29, 1.82) is 0 Å². The topological polar surface area (TPSA) is 80.3 Å². The van der Waals surface area contributed by atoms with Crippen LogP contribution in [0, 0.1) is 5.21 Å². The minimum atomic E-state index is -0.129. The summed E-state index contributed by atoms with van der Waals surface area (Å²) in [5, 5.41) is 31.4. The van der Waals surface area contributed by atoms with E-state index in [2.05, 4.69) is 4.98 Å². The van der Waals surface area contributed by atoms with Crippen molar-refractivity contribution in [3.8, 4) is 11.5 Å². The quantitative estimate of drug-likeness (QED) is 0.346. The van der Waals surface area contributed by atoms with E-state index in [-0.39, 0.29) is 28.0 Å². The average molecular weight is 228 g/mol. The van der Waals surface area contributed by atoms with Crippen molar-refractivity contribution in [1.82, 2.24) is 4.98 Å². The van der Waals surface area contributed by atoms with Gasteiger partial charge in [0.25, 0.3) is 5.52 Å². The maximum atomic E-state index is 12.1. The number of fused-ring (bicyclic) bond motifs is 2. The molecule has 84 valence electrons. The van der Waals surface area contributed by atoms with E-state index in [9.17, 15) is 15.4 Å². The first-order valence-electron chi connectivity index (χ1n) is 5.01. The number of benzene rings is 2. The Balaban J connectivity index is 2.63. The maximum absolute atomic E-state index is 12.1. The smallest absolute Gasteiger partial charge is 0.285 e. The molecule has 1 aromatic heterocycles. The third-order valence-corrected chi connectivity index (χ3v) is 2.64. The zero-order valence-electron chi connectivity index (χ0n) is 8.66. The summed E-state index contributed by atoms with van der Waals surface area (Å²) in [4.78, 5) is 4.17. The van der Waals surface area contributed by atoms with Gasteiger partial charge in [-0.05, 0) is 18.2 Å². The van der Waals surface area contributed by atoms with E-state index in [1.165, 1.54) is 12.1 Å². The normalized spacial score (nSPS) is 11.1. The van der Waals surface area contributed by atoms with Crippen LogP contribution in [-0.4, -0.2) is 15.2 Å². The Morgan fingerprint density at radius 3 is 2.53 bits per heavy atom. The molecule has 3 rings (SSSR count). The molecule has 0 saturated heterocycles. The van der Waals surface area contributed by atoms with Gasteiger partial charge in [-0.15, -0.1) is 0 Å². The van der Waals surface area contributed by atoms with Crippen molar-refractivity contribution in [3.05, 3.63) is 41.6 Å². The number of para-hydroxylation sites is 2. The van der Waals surface area contributed by atoms with E-state index in [0.717, 1.165) is 0 Å². The fraction of sp³-hybridized carbons (Fsp3) is 0. The lowest BCUT2D eigenvalue weighted by Crippen LogP contribution is -2.28. The molecule has 0 fully saturated rings. The SMILES string of the molecule is [O-][n+]1c2cccc(O)c2nc2cccc(O)c21. The van der Waals surface area contributed by atoms with Crippen LogP contribution >= 0.6 is 0 Å². The van der Waals surface area contributed by atoms with Crippen molar-refractivity contribution in [2.45, 2.75) is 0 Å². The molecule has 0 aliphatic carbocycles. The Hall–Kier alpha value is -2.56. The third kappa shape index (κ3) is 1.25. The number of phenolic OH excluding ortho intramolecular Hbond substituents is 2. The molecular weight excluding hydrogens is 220 g/mol. The van der Waals surface area contributed by atoms with Crippen LogP contribution in [0.3, 0.4) is 0 Å². The highest BCUT2D eigenvalue weighted by molar-refractivity contribution is 5.87. The molecule has 0 amide bonds. The highest BCUT2D eigenvalue weighted by Gasteiger charge is 2.17. The van der Waals surface area contributed by atoms with Crippen LogP contribution in [0.1, 0.15) is 0 Å². The van der Waals surface area contributed by atoms with Crippen LogP contribution in [0.2, 0.25) is 0 Å². The van der Waals surface area contributed by atoms with E-state index in [4.69, 9.17) is 0 Å². The van der Waals surface area contributed by atoms with Gasteiger partial charge in [-0.1, -0.05) is 12.1 Å². The number of hydrogen-bond donors (Lipinski definition) is 2. The lowest BCUT2D eigenvalue weighted by molar-refractivity contribution is -0.548. The molecule has 0 unspecified atom stereocenters. The van der Waals surface area contributed by atoms with Gasteiger partial charge >= 0.3 is 0 Å². The van der Waals surface area contributed by atoms with E-state index in [1.54, 1.807) is 24.3 Å². The Bertz CT molecular complexity index is 740. The Kier molecular flexibility index (Phi) is 1.82. The lowest BCUT2D eigenvalue weighted by atomic mass is 10.2. The zero-order valence-corrected chi connectivity index (χ0v) is 8.66. The second kappa shape index (κ2) is 3.21. The zero-order chi connectivity index (χ0) is 12.0. The third-order valence-electron chi connectivity index (χ3n) is 2.64. The number of aromatic nitrogens is 2. The first kappa shape index (κ1) is 9.65. The molecule has 0 atom stereocenters. The Labute approximate surface area is 95.8 Å². The van der Waals surface area contributed by atoms with Crippen LogP contribution in [0.15, 0.2) is 36.4 Å². The van der Waals surface area contributed by atoms with Crippen molar-refractivity contribution >= 4 is 22.1 Å². The number of nitrogens with zero attached hydrogens (tertiary/aromatic N) is 2. The highest BCUT2D eigenvalue weighted by Crippen LogP contribution is 2.25. The number of rotatable bonds is 0. The van der Waals surface area contributed by atoms with E-state index in [0.29, 0.717) is 10.2 Å². The average Bonchev–Trinajstić information content (AvgIpc) is 2.31. The first-order valence-corrected chi connectivity index (χ1v) is 5.01. The Morgan fingerprint density at radius 1 is 1.00 bits per heavy atom. The van der Waals surface area contributed by atoms with E-state index in [1.807, 2.05) is 0 Å². The molecule has 17 heavy (non-hydrogen) atoms. The van der Waals surface area contributed by atoms with Gasteiger partial charge in [0.2, 0.25) is 5.52 Å². The minimum Gasteiger partial charge on any atom is -0.618 e. The second-order valence-electron chi connectivity index (χ2n) is 3.70. The molecule has 0 aliphatic rings. The number of phenols is 2. The largest absolute Gasteiger partial charge is 0.618 e. The molecule has 1 heterocycles. The molecule has 2 N–H and O–H groups in total. The molecule has 5 nitrogen and oxygen atoms in total. The van der Waals surface area contributed by atoms with Gasteiger partial charge in [0.1, 0.15) is 11.3 Å². The fourth-order valence-corrected chi connectivity index (χ4v) is 1.86. The van der Waals surface area contributed by atoms with Gasteiger partial charge < -0.3 is 15.4 Å². The van der Waals surface area contributed by atoms with Gasteiger partial charge in [0.05, 0.1) is 0 Å². The maximum Gasteiger partial charge on any atom is 0.285 e. The summed E-state index contributed by atoms with van der Waals surface area (Å²) >= 11 is 0. The molecule has 2 aromatic carbocycles. The molecule has 0 saturated carbocycles. The molecule has 0 radical (unpaired) electrons. The first-order chi connectivity index (χ1) is 8.18. The Morgan fingerprint density at radius 2 is 1.71 bits per heavy atom. The van der Waals surface area contributed by atoms with Crippen LogP contribution in [0.25, 0.3) is 22.1 Å². The van der Waals surface area contributed by atoms with E-state index < -0.39 is 0 Å². The summed E-state index contributed by atoms with van der Waals surface area (Å²) in [6.07, 6.45) is 0. The van der Waals surface area contributed by atoms with Crippen molar-refractivity contribution < 1.29 is 14.9 Å². The van der Waals surface area contributed by atoms with Crippen molar-refractivity contribution in [2.24, 2.45) is 0 Å². The van der Waals surface area contributed by atoms with Crippen LogP contribution in [0.4, 0.5) is 0 Å². The summed E-state index contributed by atoms with van der Waals surface area (Å²) in [6.45, 7) is 0. The predicted molar refractivity (Wildman–Crippen MR) is 61.5 cm³/mol. The molecule has 0 spiro atoms. The summed E-state index contributed by atoms with van der Waals surface area (Å²) in [5.41, 5.74) is 0.888. The second-order valence-corrected chi connectivity index (χ2v) is 3.70. The molecule has 0 aliphatic heterocycles. The van der Waals surface area contributed by atoms with Gasteiger partial charge in [0.15, 0.2) is 11.3 Å². The van der Waals surface area contributed by atoms with Crippen LogP contribution in [-0.2, 0) is 0 Å². The van der Waals surface area contributed by atoms with Gasteiger partial charge in [0, 0.05) is 6.07 Å². The predicted octanol–water partition coefficient (Wildman–Crippen LogP) is 1.43. The minimum absolute atomic E-state index is 0.0580. The fourth-order valence-electron chi connectivity index (χ4n) is 1.86. The molecule has 3 aromatic rings. The van der Waals surface area contributed by atoms with Crippen molar-refractivity contribution in [2.75, 3.05) is 0 Å². The van der Waals surface area contributed by atoms with Crippen LogP contribution < -0.4 is 4.73 Å². The lowest BCUT2D eigenvalue weighted by Gasteiger charge is -2.06. The van der Waals surface area contributed by atoms with Crippen LogP contribution in [0.5, 0.6) is 11.5 Å². The summed E-state index contributed by atoms with van der Waals surface area (Å²) in [6, 6.07) is 9.18. The number of aromatic hydroxyl groups is 2. The van der Waals surface area contributed by atoms with Gasteiger partial charge in [-0.3, -0.25) is 0 Å². The van der Waals surface area contributed by atoms with E-state index >= 15 is 0 Å². The molecule has 0 bridgehead atoms. The standard InChI is InChI=1S/C12H8N2O3/c15-9-5-2-4-8-11(9)13-7-3-1-6-10(16)12(7)14(8)17/h1-6,15-16H. The number of hydrogen-bond acceptors (Lipinski definition) is 4. The monoisotopic (exact) mass is 228 g/mol. The molecular formula is C12H8N2O3. The molecule has 5 heteroatoms. The highest BCUT2D eigenvalue weighted by atomic mass is 16.5. The van der Waals surface area contributed by atoms with Gasteiger partial charge in [-0.2, -0.15) is 4.73 Å². The summed E-state index contributed by atoms with van der Waals surface area (Å²) in [7, 11) is 0. The van der Waals surface area contributed by atoms with Gasteiger partial charge in [-0.25, -0.2) is 4.98 Å². The summed E-state index contributed by atoms with van der Waals surface area (Å²) in [5.74, 6) is -0.187.